The Morgan fingerprint density at radius 2 is 2.21 bits per heavy atom. The first-order chi connectivity index (χ1) is 9.35. The van der Waals surface area contributed by atoms with E-state index < -0.39 is 0 Å². The van der Waals surface area contributed by atoms with Gasteiger partial charge in [0.05, 0.1) is 21.2 Å². The van der Waals surface area contributed by atoms with Crippen LogP contribution in [-0.4, -0.2) is 21.2 Å². The molecule has 2 saturated carbocycles. The molecule has 98 valence electrons. The van der Waals surface area contributed by atoms with Crippen molar-refractivity contribution in [3.05, 3.63) is 24.3 Å². The predicted octanol–water partition coefficient (Wildman–Crippen LogP) is 4.02. The molecule has 0 spiro atoms. The summed E-state index contributed by atoms with van der Waals surface area (Å²) in [5.74, 6) is 1.19. The fourth-order valence-corrected chi connectivity index (χ4v) is 5.98. The number of benzene rings is 1. The summed E-state index contributed by atoms with van der Waals surface area (Å²) in [5, 5.41) is 13.1. The van der Waals surface area contributed by atoms with Gasteiger partial charge >= 0.3 is 0 Å². The van der Waals surface area contributed by atoms with Crippen molar-refractivity contribution in [1.29, 1.82) is 0 Å². The Morgan fingerprint density at radius 1 is 1.32 bits per heavy atom. The van der Waals surface area contributed by atoms with Crippen molar-refractivity contribution in [3.63, 3.8) is 0 Å². The monoisotopic (exact) mass is 290 g/mol. The summed E-state index contributed by atoms with van der Waals surface area (Å²) in [6.07, 6.45) is 3.66. The maximum atomic E-state index is 9.23. The molecule has 0 saturated heterocycles. The number of thioether (sulfide) groups is 1. The van der Waals surface area contributed by atoms with Crippen LogP contribution in [0.1, 0.15) is 19.3 Å². The van der Waals surface area contributed by atoms with Gasteiger partial charge in [-0.05, 0) is 37.3 Å². The van der Waals surface area contributed by atoms with E-state index in [0.29, 0.717) is 17.1 Å². The maximum Gasteiger partial charge on any atom is 0.151 e. The van der Waals surface area contributed by atoms with E-state index in [1.165, 1.54) is 24.0 Å². The average Bonchev–Trinajstić information content (AvgIpc) is 3.11. The van der Waals surface area contributed by atoms with E-state index in [1.54, 1.807) is 23.1 Å². The molecule has 19 heavy (non-hydrogen) atoms. The number of thiazole rings is 1. The minimum Gasteiger partial charge on any atom is -0.411 e. The van der Waals surface area contributed by atoms with Crippen LogP contribution in [0.25, 0.3) is 10.2 Å². The first kappa shape index (κ1) is 11.7. The van der Waals surface area contributed by atoms with E-state index in [1.807, 2.05) is 12.1 Å². The van der Waals surface area contributed by atoms with Crippen LogP contribution >= 0.6 is 23.1 Å². The number of nitrogens with zero attached hydrogens (tertiary/aromatic N) is 2. The van der Waals surface area contributed by atoms with Gasteiger partial charge in [-0.2, -0.15) is 0 Å². The van der Waals surface area contributed by atoms with E-state index in [-0.39, 0.29) is 0 Å². The normalized spacial score (nSPS) is 31.6. The molecular formula is C14H14N2OS2. The molecule has 3 nitrogen and oxygen atoms in total. The van der Waals surface area contributed by atoms with Crippen molar-refractivity contribution in [2.75, 3.05) is 0 Å². The van der Waals surface area contributed by atoms with Crippen LogP contribution in [0, 0.1) is 11.8 Å². The van der Waals surface area contributed by atoms with Crippen LogP contribution in [-0.2, 0) is 0 Å². The fraction of sp³-hybridized carbons (Fsp3) is 0.429. The van der Waals surface area contributed by atoms with Gasteiger partial charge in [-0.1, -0.05) is 29.1 Å². The van der Waals surface area contributed by atoms with E-state index in [0.717, 1.165) is 15.6 Å². The van der Waals surface area contributed by atoms with Crippen LogP contribution in [0.2, 0.25) is 0 Å². The molecule has 1 aromatic carbocycles. The summed E-state index contributed by atoms with van der Waals surface area (Å²) < 4.78 is 2.33. The molecule has 0 radical (unpaired) electrons. The summed E-state index contributed by atoms with van der Waals surface area (Å²) in [6, 6.07) is 8.23. The molecule has 4 rings (SSSR count). The molecule has 0 amide bonds. The third-order valence-corrected chi connectivity index (χ3v) is 6.77. The molecule has 1 heterocycles. The molecule has 1 aromatic heterocycles. The van der Waals surface area contributed by atoms with E-state index in [2.05, 4.69) is 22.3 Å². The van der Waals surface area contributed by atoms with E-state index >= 15 is 0 Å². The topological polar surface area (TPSA) is 45.5 Å². The lowest BCUT2D eigenvalue weighted by molar-refractivity contribution is 0.314. The Morgan fingerprint density at radius 3 is 3.05 bits per heavy atom. The number of fused-ring (bicyclic) bond motifs is 3. The Kier molecular flexibility index (Phi) is 2.77. The van der Waals surface area contributed by atoms with Gasteiger partial charge in [0, 0.05) is 5.92 Å². The summed E-state index contributed by atoms with van der Waals surface area (Å²) in [7, 11) is 0. The predicted molar refractivity (Wildman–Crippen MR) is 79.3 cm³/mol. The molecule has 3 atom stereocenters. The molecule has 2 aliphatic carbocycles. The number of para-hydroxylation sites is 1. The molecule has 2 fully saturated rings. The van der Waals surface area contributed by atoms with Crippen molar-refractivity contribution in [3.8, 4) is 0 Å². The van der Waals surface area contributed by atoms with E-state index in [4.69, 9.17) is 0 Å². The summed E-state index contributed by atoms with van der Waals surface area (Å²) in [6.45, 7) is 0. The lowest BCUT2D eigenvalue weighted by atomic mass is 9.98. The van der Waals surface area contributed by atoms with Gasteiger partial charge in [0.25, 0.3) is 0 Å². The standard InChI is InChI=1S/C14H14N2OS2/c17-16-12-8-5-6-9(7-8)13(12)19-14-15-10-3-1-2-4-11(10)18-14/h1-4,8-9,13,17H,5-7H2/b16-12+. The largest absolute Gasteiger partial charge is 0.411 e. The van der Waals surface area contributed by atoms with Gasteiger partial charge in [0.15, 0.2) is 4.34 Å². The smallest absolute Gasteiger partial charge is 0.151 e. The van der Waals surface area contributed by atoms with Crippen LogP contribution < -0.4 is 0 Å². The maximum absolute atomic E-state index is 9.23. The van der Waals surface area contributed by atoms with Crippen molar-refractivity contribution in [2.24, 2.45) is 17.0 Å². The van der Waals surface area contributed by atoms with Crippen LogP contribution in [0.4, 0.5) is 0 Å². The zero-order valence-corrected chi connectivity index (χ0v) is 12.0. The van der Waals surface area contributed by atoms with Gasteiger partial charge in [0.1, 0.15) is 0 Å². The Labute approximate surface area is 119 Å². The van der Waals surface area contributed by atoms with E-state index in [9.17, 15) is 5.21 Å². The Hall–Kier alpha value is -1.07. The Bertz CT molecular complexity index is 619. The van der Waals surface area contributed by atoms with Gasteiger partial charge < -0.3 is 5.21 Å². The minimum absolute atomic E-state index is 0.337. The number of hydrogen-bond donors (Lipinski definition) is 1. The van der Waals surface area contributed by atoms with Gasteiger partial charge in [-0.3, -0.25) is 0 Å². The third kappa shape index (κ3) is 1.87. The zero-order chi connectivity index (χ0) is 12.8. The van der Waals surface area contributed by atoms with Crippen LogP contribution in [0.15, 0.2) is 33.8 Å². The van der Waals surface area contributed by atoms with Gasteiger partial charge in [0.2, 0.25) is 0 Å². The highest BCUT2D eigenvalue weighted by atomic mass is 32.2. The summed E-state index contributed by atoms with van der Waals surface area (Å²) in [4.78, 5) is 4.67. The number of hydrogen-bond acceptors (Lipinski definition) is 5. The third-order valence-electron chi connectivity index (χ3n) is 4.23. The van der Waals surface area contributed by atoms with Gasteiger partial charge in [-0.25, -0.2) is 4.98 Å². The first-order valence-corrected chi connectivity index (χ1v) is 8.29. The molecule has 1 N–H and O–H groups in total. The molecule has 3 unspecified atom stereocenters. The van der Waals surface area contributed by atoms with Gasteiger partial charge in [-0.15, -0.1) is 11.3 Å². The van der Waals surface area contributed by atoms with Crippen molar-refractivity contribution in [1.82, 2.24) is 4.98 Å². The highest BCUT2D eigenvalue weighted by Gasteiger charge is 2.46. The van der Waals surface area contributed by atoms with Crippen LogP contribution in [0.3, 0.4) is 0 Å². The number of oxime groups is 1. The SMILES string of the molecule is O/N=C1\C2CCC(C2)C1Sc1nc2ccccc2s1. The lowest BCUT2D eigenvalue weighted by Crippen LogP contribution is -2.24. The summed E-state index contributed by atoms with van der Waals surface area (Å²) in [5.41, 5.74) is 2.07. The average molecular weight is 290 g/mol. The molecule has 5 heteroatoms. The lowest BCUT2D eigenvalue weighted by Gasteiger charge is -2.20. The molecular weight excluding hydrogens is 276 g/mol. The Balaban J connectivity index is 1.64. The molecule has 0 aliphatic heterocycles. The summed E-state index contributed by atoms with van der Waals surface area (Å²) >= 11 is 3.53. The number of aromatic nitrogens is 1. The van der Waals surface area contributed by atoms with Crippen molar-refractivity contribution < 1.29 is 5.21 Å². The molecule has 2 bridgehead atoms. The first-order valence-electron chi connectivity index (χ1n) is 6.59. The second-order valence-corrected chi connectivity index (χ2v) is 7.70. The highest BCUT2D eigenvalue weighted by molar-refractivity contribution is 8.02. The fourth-order valence-electron chi connectivity index (χ4n) is 3.34. The number of rotatable bonds is 2. The second kappa shape index (κ2) is 4.49. The second-order valence-electron chi connectivity index (χ2n) is 5.28. The minimum atomic E-state index is 0.337. The zero-order valence-electron chi connectivity index (χ0n) is 10.3. The van der Waals surface area contributed by atoms with Crippen molar-refractivity contribution in [2.45, 2.75) is 28.9 Å². The highest BCUT2D eigenvalue weighted by Crippen LogP contribution is 2.50. The quantitative estimate of drug-likeness (QED) is 0.671. The van der Waals surface area contributed by atoms with Crippen molar-refractivity contribution >= 4 is 39.0 Å². The van der Waals surface area contributed by atoms with Crippen LogP contribution in [0.5, 0.6) is 0 Å². The molecule has 2 aromatic rings. The molecule has 2 aliphatic rings.